The highest BCUT2D eigenvalue weighted by Crippen LogP contribution is 2.30. The predicted octanol–water partition coefficient (Wildman–Crippen LogP) is 3.80. The maximum Gasteiger partial charge on any atom is 0.0755 e. The molecule has 2 unspecified atom stereocenters. The average molecular weight is 275 g/mol. The molecule has 2 nitrogen and oxygen atoms in total. The fraction of sp³-hybridized carbons (Fsp3) is 0.667. The van der Waals surface area contributed by atoms with E-state index < -0.39 is 0 Å². The SMILES string of the molecule is CCNC(Cc1ccccc1)C(OC)C1CCCCC1. The number of rotatable bonds is 7. The van der Waals surface area contributed by atoms with Gasteiger partial charge in [0.05, 0.1) is 6.10 Å². The molecule has 2 heteroatoms. The standard InChI is InChI=1S/C18H29NO/c1-3-19-17(14-15-10-6-4-7-11-15)18(20-2)16-12-8-5-9-13-16/h4,6-7,10-11,16-19H,3,5,8-9,12-14H2,1-2H3. The van der Waals surface area contributed by atoms with Gasteiger partial charge in [-0.1, -0.05) is 56.5 Å². The van der Waals surface area contributed by atoms with Crippen LogP contribution in [0.4, 0.5) is 0 Å². The summed E-state index contributed by atoms with van der Waals surface area (Å²) in [7, 11) is 1.88. The highest BCUT2D eigenvalue weighted by Gasteiger charge is 2.30. The Hall–Kier alpha value is -0.860. The van der Waals surface area contributed by atoms with Crippen LogP contribution >= 0.6 is 0 Å². The molecular formula is C18H29NO. The van der Waals surface area contributed by atoms with Gasteiger partial charge in [0.1, 0.15) is 0 Å². The van der Waals surface area contributed by atoms with E-state index in [0.29, 0.717) is 12.1 Å². The van der Waals surface area contributed by atoms with E-state index in [2.05, 4.69) is 42.6 Å². The minimum Gasteiger partial charge on any atom is -0.380 e. The molecule has 1 fully saturated rings. The molecular weight excluding hydrogens is 246 g/mol. The summed E-state index contributed by atoms with van der Waals surface area (Å²) in [6, 6.07) is 11.2. The maximum atomic E-state index is 5.91. The molecule has 1 saturated carbocycles. The van der Waals surface area contributed by atoms with Crippen molar-refractivity contribution in [1.29, 1.82) is 0 Å². The zero-order valence-electron chi connectivity index (χ0n) is 13.0. The normalized spacial score (nSPS) is 19.7. The molecule has 0 spiro atoms. The summed E-state index contributed by atoms with van der Waals surface area (Å²) in [6.45, 7) is 3.19. The lowest BCUT2D eigenvalue weighted by Gasteiger charge is -2.35. The summed E-state index contributed by atoms with van der Waals surface area (Å²) in [4.78, 5) is 0. The molecule has 1 aromatic rings. The molecule has 0 radical (unpaired) electrons. The number of methoxy groups -OCH3 is 1. The second kappa shape index (κ2) is 8.43. The van der Waals surface area contributed by atoms with Gasteiger partial charge in [0.15, 0.2) is 0 Å². The van der Waals surface area contributed by atoms with E-state index in [1.54, 1.807) is 0 Å². The largest absolute Gasteiger partial charge is 0.380 e. The first-order chi connectivity index (χ1) is 9.85. The summed E-state index contributed by atoms with van der Waals surface area (Å²) >= 11 is 0. The van der Waals surface area contributed by atoms with Gasteiger partial charge in [-0.25, -0.2) is 0 Å². The van der Waals surface area contributed by atoms with Gasteiger partial charge in [0, 0.05) is 13.2 Å². The minimum absolute atomic E-state index is 0.343. The third-order valence-electron chi connectivity index (χ3n) is 4.55. The first kappa shape index (κ1) is 15.5. The van der Waals surface area contributed by atoms with E-state index in [4.69, 9.17) is 4.74 Å². The monoisotopic (exact) mass is 275 g/mol. The molecule has 0 bridgehead atoms. The topological polar surface area (TPSA) is 21.3 Å². The van der Waals surface area contributed by atoms with Crippen LogP contribution in [0.3, 0.4) is 0 Å². The third kappa shape index (κ3) is 4.32. The molecule has 1 aromatic carbocycles. The van der Waals surface area contributed by atoms with E-state index in [-0.39, 0.29) is 0 Å². The fourth-order valence-electron chi connectivity index (χ4n) is 3.58. The van der Waals surface area contributed by atoms with Crippen molar-refractivity contribution in [2.45, 2.75) is 57.6 Å². The van der Waals surface area contributed by atoms with Gasteiger partial charge in [-0.2, -0.15) is 0 Å². The highest BCUT2D eigenvalue weighted by atomic mass is 16.5. The smallest absolute Gasteiger partial charge is 0.0755 e. The Bertz CT molecular complexity index is 359. The summed E-state index contributed by atoms with van der Waals surface area (Å²) in [5.74, 6) is 0.724. The molecule has 0 saturated heterocycles. The summed E-state index contributed by atoms with van der Waals surface area (Å²) in [6.07, 6.45) is 8.20. The highest BCUT2D eigenvalue weighted by molar-refractivity contribution is 5.16. The Labute approximate surface area is 123 Å². The zero-order valence-corrected chi connectivity index (χ0v) is 13.0. The predicted molar refractivity (Wildman–Crippen MR) is 85.0 cm³/mol. The molecule has 1 N–H and O–H groups in total. The molecule has 2 atom stereocenters. The van der Waals surface area contributed by atoms with Crippen LogP contribution in [-0.2, 0) is 11.2 Å². The number of likely N-dealkylation sites (N-methyl/N-ethyl adjacent to an activating group) is 1. The van der Waals surface area contributed by atoms with Crippen LogP contribution < -0.4 is 5.32 Å². The van der Waals surface area contributed by atoms with Crippen molar-refractivity contribution in [2.75, 3.05) is 13.7 Å². The number of ether oxygens (including phenoxy) is 1. The number of hydrogen-bond acceptors (Lipinski definition) is 2. The third-order valence-corrected chi connectivity index (χ3v) is 4.55. The van der Waals surface area contributed by atoms with E-state index in [0.717, 1.165) is 18.9 Å². The van der Waals surface area contributed by atoms with Crippen molar-refractivity contribution in [3.8, 4) is 0 Å². The van der Waals surface area contributed by atoms with Crippen LogP contribution in [0.1, 0.15) is 44.6 Å². The van der Waals surface area contributed by atoms with Crippen molar-refractivity contribution in [1.82, 2.24) is 5.32 Å². The lowest BCUT2D eigenvalue weighted by molar-refractivity contribution is 0.00869. The molecule has 0 aliphatic heterocycles. The first-order valence-electron chi connectivity index (χ1n) is 8.15. The van der Waals surface area contributed by atoms with Crippen LogP contribution in [0.2, 0.25) is 0 Å². The van der Waals surface area contributed by atoms with E-state index in [9.17, 15) is 0 Å². The second-order valence-corrected chi connectivity index (χ2v) is 5.95. The summed E-state index contributed by atoms with van der Waals surface area (Å²) in [5.41, 5.74) is 1.40. The van der Waals surface area contributed by atoms with Crippen molar-refractivity contribution < 1.29 is 4.74 Å². The average Bonchev–Trinajstić information content (AvgIpc) is 2.50. The lowest BCUT2D eigenvalue weighted by atomic mass is 9.81. The molecule has 0 amide bonds. The Morgan fingerprint density at radius 2 is 1.85 bits per heavy atom. The van der Waals surface area contributed by atoms with Gasteiger partial charge in [0.2, 0.25) is 0 Å². The van der Waals surface area contributed by atoms with Crippen LogP contribution in [0.15, 0.2) is 30.3 Å². The number of benzene rings is 1. The van der Waals surface area contributed by atoms with E-state index in [1.807, 2.05) is 7.11 Å². The molecule has 0 aromatic heterocycles. The first-order valence-corrected chi connectivity index (χ1v) is 8.15. The van der Waals surface area contributed by atoms with Gasteiger partial charge >= 0.3 is 0 Å². The fourth-order valence-corrected chi connectivity index (χ4v) is 3.58. The van der Waals surface area contributed by atoms with E-state index in [1.165, 1.54) is 37.7 Å². The molecule has 1 aliphatic rings. The molecule has 20 heavy (non-hydrogen) atoms. The number of hydrogen-bond donors (Lipinski definition) is 1. The molecule has 1 aliphatic carbocycles. The lowest BCUT2D eigenvalue weighted by Crippen LogP contribution is -2.46. The van der Waals surface area contributed by atoms with E-state index >= 15 is 0 Å². The van der Waals surface area contributed by atoms with Crippen molar-refractivity contribution in [2.24, 2.45) is 5.92 Å². The summed E-state index contributed by atoms with van der Waals surface area (Å²) in [5, 5.41) is 3.65. The molecule has 2 rings (SSSR count). The van der Waals surface area contributed by atoms with Crippen LogP contribution in [0.25, 0.3) is 0 Å². The van der Waals surface area contributed by atoms with Crippen molar-refractivity contribution >= 4 is 0 Å². The summed E-state index contributed by atoms with van der Waals surface area (Å²) < 4.78 is 5.91. The van der Waals surface area contributed by atoms with Crippen LogP contribution in [0, 0.1) is 5.92 Å². The Morgan fingerprint density at radius 3 is 2.45 bits per heavy atom. The van der Waals surface area contributed by atoms with Crippen molar-refractivity contribution in [3.05, 3.63) is 35.9 Å². The van der Waals surface area contributed by atoms with Crippen molar-refractivity contribution in [3.63, 3.8) is 0 Å². The molecule has 112 valence electrons. The van der Waals surface area contributed by atoms with Gasteiger partial charge in [-0.05, 0) is 37.3 Å². The van der Waals surface area contributed by atoms with Gasteiger partial charge in [0.25, 0.3) is 0 Å². The Balaban J connectivity index is 2.04. The minimum atomic E-state index is 0.343. The second-order valence-electron chi connectivity index (χ2n) is 5.95. The maximum absolute atomic E-state index is 5.91. The Kier molecular flexibility index (Phi) is 6.55. The number of nitrogens with one attached hydrogen (secondary N) is 1. The van der Waals surface area contributed by atoms with Gasteiger partial charge < -0.3 is 10.1 Å². The van der Waals surface area contributed by atoms with Gasteiger partial charge in [-0.15, -0.1) is 0 Å². The van der Waals surface area contributed by atoms with Crippen LogP contribution in [0.5, 0.6) is 0 Å². The van der Waals surface area contributed by atoms with Crippen LogP contribution in [-0.4, -0.2) is 25.8 Å². The quantitative estimate of drug-likeness (QED) is 0.817. The van der Waals surface area contributed by atoms with Gasteiger partial charge in [-0.3, -0.25) is 0 Å². The Morgan fingerprint density at radius 1 is 1.15 bits per heavy atom. The molecule has 0 heterocycles. The zero-order chi connectivity index (χ0) is 14.2.